The molecule has 0 saturated heterocycles. The van der Waals surface area contributed by atoms with Gasteiger partial charge in [0.25, 0.3) is 0 Å². The van der Waals surface area contributed by atoms with Gasteiger partial charge in [0.05, 0.1) is 0 Å². The minimum atomic E-state index is 0.398. The van der Waals surface area contributed by atoms with Gasteiger partial charge in [0.15, 0.2) is 0 Å². The smallest absolute Gasteiger partial charge is 0.0382 e. The molecule has 0 amide bonds. The first-order valence-corrected chi connectivity index (χ1v) is 6.85. The molecule has 1 atom stereocenters. The Labute approximate surface area is 117 Å². The summed E-state index contributed by atoms with van der Waals surface area (Å²) in [5, 5.41) is 6.52. The second-order valence-electron chi connectivity index (χ2n) is 5.37. The second kappa shape index (κ2) is 7.15. The molecule has 0 saturated carbocycles. The van der Waals surface area contributed by atoms with Gasteiger partial charge in [-0.15, -0.1) is 0 Å². The van der Waals surface area contributed by atoms with Gasteiger partial charge in [-0.25, -0.2) is 0 Å². The lowest BCUT2D eigenvalue weighted by Gasteiger charge is -2.17. The second-order valence-corrected chi connectivity index (χ2v) is 5.37. The van der Waals surface area contributed by atoms with E-state index in [0.29, 0.717) is 11.8 Å². The molecule has 0 aliphatic heterocycles. The van der Waals surface area contributed by atoms with Crippen LogP contribution in [0.1, 0.15) is 26.3 Å². The summed E-state index contributed by atoms with van der Waals surface area (Å²) in [7, 11) is 1.95. The van der Waals surface area contributed by atoms with E-state index in [-0.39, 0.29) is 0 Å². The van der Waals surface area contributed by atoms with Crippen LogP contribution in [0.4, 0.5) is 5.69 Å². The van der Waals surface area contributed by atoms with Gasteiger partial charge in [-0.2, -0.15) is 0 Å². The zero-order chi connectivity index (χ0) is 14.4. The topological polar surface area (TPSA) is 24.1 Å². The Kier molecular flexibility index (Phi) is 5.84. The minimum Gasteiger partial charge on any atom is -0.359 e. The lowest BCUT2D eigenvalue weighted by Crippen LogP contribution is -2.20. The summed E-state index contributed by atoms with van der Waals surface area (Å²) in [6.45, 7) is 15.6. The van der Waals surface area contributed by atoms with E-state index in [4.69, 9.17) is 0 Å². The van der Waals surface area contributed by atoms with Gasteiger partial charge in [0, 0.05) is 23.8 Å². The zero-order valence-electron chi connectivity index (χ0n) is 12.6. The average Bonchev–Trinajstić information content (AvgIpc) is 2.38. The molecule has 0 heterocycles. The van der Waals surface area contributed by atoms with E-state index in [0.717, 1.165) is 17.9 Å². The molecular formula is C17H26N2. The number of benzene rings is 1. The molecule has 0 fully saturated rings. The Morgan fingerprint density at radius 1 is 1.11 bits per heavy atom. The van der Waals surface area contributed by atoms with Gasteiger partial charge >= 0.3 is 0 Å². The Morgan fingerprint density at radius 3 is 2.16 bits per heavy atom. The molecule has 0 aliphatic rings. The largest absolute Gasteiger partial charge is 0.359 e. The highest BCUT2D eigenvalue weighted by atomic mass is 14.9. The van der Waals surface area contributed by atoms with Crippen LogP contribution in [-0.2, 0) is 0 Å². The van der Waals surface area contributed by atoms with Crippen molar-refractivity contribution < 1.29 is 0 Å². The monoisotopic (exact) mass is 258 g/mol. The summed E-state index contributed by atoms with van der Waals surface area (Å²) in [6.07, 6.45) is 0. The van der Waals surface area contributed by atoms with E-state index in [2.05, 4.69) is 68.8 Å². The molecule has 0 aliphatic carbocycles. The maximum Gasteiger partial charge on any atom is 0.0382 e. The first-order chi connectivity index (χ1) is 8.95. The van der Waals surface area contributed by atoms with Crippen LogP contribution in [0.2, 0.25) is 0 Å². The SMILES string of the molecule is C=C(c1ccc(NC(=C)C(C)CNC)cc1)C(C)C. The van der Waals surface area contributed by atoms with Crippen LogP contribution >= 0.6 is 0 Å². The fourth-order valence-corrected chi connectivity index (χ4v) is 1.84. The Balaban J connectivity index is 2.67. The number of rotatable bonds is 7. The van der Waals surface area contributed by atoms with Crippen molar-refractivity contribution in [2.75, 3.05) is 18.9 Å². The van der Waals surface area contributed by atoms with Crippen molar-refractivity contribution in [3.63, 3.8) is 0 Å². The molecule has 1 aromatic rings. The number of nitrogens with one attached hydrogen (secondary N) is 2. The molecule has 0 bridgehead atoms. The number of allylic oxidation sites excluding steroid dienone is 1. The van der Waals surface area contributed by atoms with Crippen LogP contribution in [0.25, 0.3) is 5.57 Å². The zero-order valence-corrected chi connectivity index (χ0v) is 12.6. The highest BCUT2D eigenvalue weighted by Gasteiger charge is 2.07. The van der Waals surface area contributed by atoms with E-state index in [1.165, 1.54) is 11.1 Å². The predicted octanol–water partition coefficient (Wildman–Crippen LogP) is 4.14. The van der Waals surface area contributed by atoms with Crippen molar-refractivity contribution in [3.05, 3.63) is 48.7 Å². The maximum atomic E-state index is 4.12. The van der Waals surface area contributed by atoms with Crippen LogP contribution < -0.4 is 10.6 Å². The highest BCUT2D eigenvalue weighted by molar-refractivity contribution is 5.66. The van der Waals surface area contributed by atoms with Crippen LogP contribution in [-0.4, -0.2) is 13.6 Å². The summed E-state index contributed by atoms with van der Waals surface area (Å²) in [5.41, 5.74) is 4.49. The molecule has 0 spiro atoms. The van der Waals surface area contributed by atoms with Gasteiger partial charge in [0.2, 0.25) is 0 Å². The third-order valence-corrected chi connectivity index (χ3v) is 3.36. The standard InChI is InChI=1S/C17H26N2/c1-12(2)14(4)16-7-9-17(10-8-16)19-15(5)13(3)11-18-6/h7-10,12-13,18-19H,4-5,11H2,1-3,6H3. The highest BCUT2D eigenvalue weighted by Crippen LogP contribution is 2.23. The summed E-state index contributed by atoms with van der Waals surface area (Å²) in [5.74, 6) is 0.875. The molecule has 2 heteroatoms. The first-order valence-electron chi connectivity index (χ1n) is 6.85. The van der Waals surface area contributed by atoms with E-state index < -0.39 is 0 Å². The van der Waals surface area contributed by atoms with Crippen molar-refractivity contribution in [1.29, 1.82) is 0 Å². The maximum absolute atomic E-state index is 4.12. The van der Waals surface area contributed by atoms with Gasteiger partial charge in [0.1, 0.15) is 0 Å². The summed E-state index contributed by atoms with van der Waals surface area (Å²) in [4.78, 5) is 0. The minimum absolute atomic E-state index is 0.398. The number of hydrogen-bond acceptors (Lipinski definition) is 2. The van der Waals surface area contributed by atoms with E-state index in [9.17, 15) is 0 Å². The van der Waals surface area contributed by atoms with Crippen molar-refractivity contribution in [3.8, 4) is 0 Å². The van der Waals surface area contributed by atoms with Gasteiger partial charge < -0.3 is 10.6 Å². The van der Waals surface area contributed by atoms with Crippen LogP contribution in [0, 0.1) is 11.8 Å². The Morgan fingerprint density at radius 2 is 1.68 bits per heavy atom. The Bertz CT molecular complexity index is 429. The first kappa shape index (κ1) is 15.5. The summed E-state index contributed by atoms with van der Waals surface area (Å²) < 4.78 is 0. The van der Waals surface area contributed by atoms with Gasteiger partial charge in [-0.05, 0) is 36.2 Å². The third kappa shape index (κ3) is 4.56. The van der Waals surface area contributed by atoms with E-state index in [1.807, 2.05) is 7.05 Å². The molecular weight excluding hydrogens is 232 g/mol. The molecule has 0 aromatic heterocycles. The Hall–Kier alpha value is -1.54. The average molecular weight is 258 g/mol. The van der Waals surface area contributed by atoms with E-state index >= 15 is 0 Å². The van der Waals surface area contributed by atoms with Gasteiger partial charge in [-0.1, -0.05) is 46.1 Å². The third-order valence-electron chi connectivity index (χ3n) is 3.36. The van der Waals surface area contributed by atoms with Crippen molar-refractivity contribution >= 4 is 11.3 Å². The quantitative estimate of drug-likeness (QED) is 0.768. The van der Waals surface area contributed by atoms with Gasteiger partial charge in [-0.3, -0.25) is 0 Å². The molecule has 1 rings (SSSR count). The number of hydrogen-bond donors (Lipinski definition) is 2. The molecule has 2 nitrogen and oxygen atoms in total. The van der Waals surface area contributed by atoms with E-state index in [1.54, 1.807) is 0 Å². The molecule has 2 N–H and O–H groups in total. The molecule has 1 unspecified atom stereocenters. The van der Waals surface area contributed by atoms with Crippen LogP contribution in [0.15, 0.2) is 43.1 Å². The fraction of sp³-hybridized carbons (Fsp3) is 0.412. The lowest BCUT2D eigenvalue weighted by molar-refractivity contribution is 0.623. The van der Waals surface area contributed by atoms with Crippen molar-refractivity contribution in [2.45, 2.75) is 20.8 Å². The molecule has 0 radical (unpaired) electrons. The van der Waals surface area contributed by atoms with Crippen molar-refractivity contribution in [1.82, 2.24) is 5.32 Å². The normalized spacial score (nSPS) is 12.3. The lowest BCUT2D eigenvalue weighted by atomic mass is 9.97. The molecule has 1 aromatic carbocycles. The van der Waals surface area contributed by atoms with Crippen molar-refractivity contribution in [2.24, 2.45) is 11.8 Å². The summed E-state index contributed by atoms with van der Waals surface area (Å²) in [6, 6.07) is 8.39. The van der Waals surface area contributed by atoms with Crippen LogP contribution in [0.5, 0.6) is 0 Å². The predicted molar refractivity (Wildman–Crippen MR) is 86.2 cm³/mol. The molecule has 104 valence electrons. The number of anilines is 1. The summed E-state index contributed by atoms with van der Waals surface area (Å²) >= 11 is 0. The van der Waals surface area contributed by atoms with Crippen LogP contribution in [0.3, 0.4) is 0 Å². The molecule has 19 heavy (non-hydrogen) atoms. The fourth-order valence-electron chi connectivity index (χ4n) is 1.84.